The lowest BCUT2D eigenvalue weighted by Gasteiger charge is -2.28. The molecule has 2 aromatic carbocycles. The van der Waals surface area contributed by atoms with Crippen molar-refractivity contribution in [2.45, 2.75) is 38.5 Å². The summed E-state index contributed by atoms with van der Waals surface area (Å²) in [6, 6.07) is 15.7. The number of halogens is 1. The summed E-state index contributed by atoms with van der Waals surface area (Å²) >= 11 is 1.47. The number of carbonyl (C=O) groups is 2. The van der Waals surface area contributed by atoms with Gasteiger partial charge in [0.05, 0.1) is 5.75 Å². The van der Waals surface area contributed by atoms with Crippen LogP contribution in [0.1, 0.15) is 31.4 Å². The van der Waals surface area contributed by atoms with E-state index in [2.05, 4.69) is 5.32 Å². The SMILES string of the molecule is CCCNC(=O)C(C)N(CCc1ccccc1)C(=O)CSCc1ccc(F)cc1. The van der Waals surface area contributed by atoms with E-state index < -0.39 is 6.04 Å². The molecular weight excluding hydrogens is 387 g/mol. The van der Waals surface area contributed by atoms with Crippen molar-refractivity contribution in [2.75, 3.05) is 18.8 Å². The highest BCUT2D eigenvalue weighted by Gasteiger charge is 2.25. The van der Waals surface area contributed by atoms with Crippen LogP contribution < -0.4 is 5.32 Å². The third-order valence-electron chi connectivity index (χ3n) is 4.61. The average molecular weight is 417 g/mol. The number of benzene rings is 2. The second kappa shape index (κ2) is 12.3. The Balaban J connectivity index is 1.96. The lowest BCUT2D eigenvalue weighted by Crippen LogP contribution is -2.49. The Bertz CT molecular complexity index is 768. The van der Waals surface area contributed by atoms with Crippen molar-refractivity contribution in [1.82, 2.24) is 10.2 Å². The molecule has 0 bridgehead atoms. The quantitative estimate of drug-likeness (QED) is 0.601. The van der Waals surface area contributed by atoms with E-state index in [0.29, 0.717) is 25.3 Å². The molecule has 29 heavy (non-hydrogen) atoms. The molecule has 0 spiro atoms. The molecule has 1 unspecified atom stereocenters. The van der Waals surface area contributed by atoms with Crippen molar-refractivity contribution in [2.24, 2.45) is 0 Å². The van der Waals surface area contributed by atoms with Crippen LogP contribution in [0.3, 0.4) is 0 Å². The van der Waals surface area contributed by atoms with Gasteiger partial charge in [-0.15, -0.1) is 11.8 Å². The number of amides is 2. The monoisotopic (exact) mass is 416 g/mol. The molecule has 0 radical (unpaired) electrons. The van der Waals surface area contributed by atoms with Gasteiger partial charge >= 0.3 is 0 Å². The van der Waals surface area contributed by atoms with Gasteiger partial charge in [0.25, 0.3) is 0 Å². The summed E-state index contributed by atoms with van der Waals surface area (Å²) in [7, 11) is 0. The van der Waals surface area contributed by atoms with Gasteiger partial charge in [0.1, 0.15) is 11.9 Å². The largest absolute Gasteiger partial charge is 0.354 e. The molecule has 0 saturated heterocycles. The molecule has 0 aromatic heterocycles. The molecule has 0 heterocycles. The maximum atomic E-state index is 13.0. The Kier molecular flexibility index (Phi) is 9.71. The van der Waals surface area contributed by atoms with Crippen molar-refractivity contribution in [3.63, 3.8) is 0 Å². The number of thioether (sulfide) groups is 1. The predicted molar refractivity (Wildman–Crippen MR) is 117 cm³/mol. The van der Waals surface area contributed by atoms with E-state index in [1.165, 1.54) is 23.9 Å². The number of nitrogens with zero attached hydrogens (tertiary/aromatic N) is 1. The summed E-state index contributed by atoms with van der Waals surface area (Å²) in [5.41, 5.74) is 2.10. The van der Waals surface area contributed by atoms with E-state index in [4.69, 9.17) is 0 Å². The highest BCUT2D eigenvalue weighted by Crippen LogP contribution is 2.15. The Labute approximate surface area is 176 Å². The van der Waals surface area contributed by atoms with Crippen LogP contribution in [-0.4, -0.2) is 41.6 Å². The number of hydrogen-bond acceptors (Lipinski definition) is 3. The van der Waals surface area contributed by atoms with E-state index in [1.807, 2.05) is 37.3 Å². The molecule has 0 saturated carbocycles. The highest BCUT2D eigenvalue weighted by atomic mass is 32.2. The summed E-state index contributed by atoms with van der Waals surface area (Å²) in [4.78, 5) is 27.0. The maximum Gasteiger partial charge on any atom is 0.242 e. The summed E-state index contributed by atoms with van der Waals surface area (Å²) in [6.07, 6.45) is 1.55. The fraction of sp³-hybridized carbons (Fsp3) is 0.391. The molecule has 2 amide bonds. The van der Waals surface area contributed by atoms with Gasteiger partial charge in [0.15, 0.2) is 0 Å². The third-order valence-corrected chi connectivity index (χ3v) is 5.60. The Hall–Kier alpha value is -2.34. The summed E-state index contributed by atoms with van der Waals surface area (Å²) < 4.78 is 13.0. The van der Waals surface area contributed by atoms with Crippen molar-refractivity contribution in [3.8, 4) is 0 Å². The zero-order chi connectivity index (χ0) is 21.1. The Morgan fingerprint density at radius 1 is 1.07 bits per heavy atom. The Morgan fingerprint density at radius 2 is 1.76 bits per heavy atom. The Morgan fingerprint density at radius 3 is 2.41 bits per heavy atom. The maximum absolute atomic E-state index is 13.0. The van der Waals surface area contributed by atoms with Crippen molar-refractivity contribution in [3.05, 3.63) is 71.5 Å². The van der Waals surface area contributed by atoms with Gasteiger partial charge < -0.3 is 10.2 Å². The fourth-order valence-corrected chi connectivity index (χ4v) is 3.76. The molecule has 156 valence electrons. The second-order valence-electron chi connectivity index (χ2n) is 6.91. The van der Waals surface area contributed by atoms with Crippen LogP contribution in [0, 0.1) is 5.82 Å². The van der Waals surface area contributed by atoms with Gasteiger partial charge in [-0.05, 0) is 43.0 Å². The fourth-order valence-electron chi connectivity index (χ4n) is 2.89. The minimum Gasteiger partial charge on any atom is -0.354 e. The zero-order valence-electron chi connectivity index (χ0n) is 17.1. The first-order valence-corrected chi connectivity index (χ1v) is 11.1. The van der Waals surface area contributed by atoms with E-state index in [9.17, 15) is 14.0 Å². The van der Waals surface area contributed by atoms with Crippen LogP contribution in [0.5, 0.6) is 0 Å². The van der Waals surface area contributed by atoms with Gasteiger partial charge in [-0.2, -0.15) is 0 Å². The molecular formula is C23H29FN2O2S. The van der Waals surface area contributed by atoms with Gasteiger partial charge in [0.2, 0.25) is 11.8 Å². The number of nitrogens with one attached hydrogen (secondary N) is 1. The predicted octanol–water partition coefficient (Wildman–Crippen LogP) is 4.04. The molecule has 1 N–H and O–H groups in total. The number of rotatable bonds is 11. The lowest BCUT2D eigenvalue weighted by molar-refractivity contribution is -0.137. The van der Waals surface area contributed by atoms with Gasteiger partial charge in [-0.3, -0.25) is 9.59 Å². The highest BCUT2D eigenvalue weighted by molar-refractivity contribution is 7.99. The topological polar surface area (TPSA) is 49.4 Å². The summed E-state index contributed by atoms with van der Waals surface area (Å²) in [5, 5.41) is 2.88. The van der Waals surface area contributed by atoms with Gasteiger partial charge in [-0.25, -0.2) is 4.39 Å². The first-order valence-electron chi connectivity index (χ1n) is 9.94. The van der Waals surface area contributed by atoms with Gasteiger partial charge in [0, 0.05) is 18.8 Å². The first kappa shape index (κ1) is 22.9. The lowest BCUT2D eigenvalue weighted by atomic mass is 10.1. The zero-order valence-corrected chi connectivity index (χ0v) is 17.9. The smallest absolute Gasteiger partial charge is 0.242 e. The van der Waals surface area contributed by atoms with E-state index >= 15 is 0 Å². The van der Waals surface area contributed by atoms with Crippen LogP contribution in [-0.2, 0) is 21.8 Å². The van der Waals surface area contributed by atoms with Crippen LogP contribution in [0.15, 0.2) is 54.6 Å². The summed E-state index contributed by atoms with van der Waals surface area (Å²) in [5.74, 6) is 0.435. The molecule has 0 aliphatic carbocycles. The molecule has 0 aliphatic heterocycles. The third kappa shape index (κ3) is 7.89. The van der Waals surface area contributed by atoms with Crippen molar-refractivity contribution >= 4 is 23.6 Å². The number of carbonyl (C=O) groups excluding carboxylic acids is 2. The van der Waals surface area contributed by atoms with Crippen LogP contribution >= 0.6 is 11.8 Å². The molecule has 2 aromatic rings. The molecule has 0 fully saturated rings. The van der Waals surface area contributed by atoms with Crippen LogP contribution in [0.4, 0.5) is 4.39 Å². The summed E-state index contributed by atoms with van der Waals surface area (Å²) in [6.45, 7) is 4.86. The standard InChI is InChI=1S/C23H29FN2O2S/c1-3-14-25-23(28)18(2)26(15-13-19-7-5-4-6-8-19)22(27)17-29-16-20-9-11-21(24)12-10-20/h4-12,18H,3,13-17H2,1-2H3,(H,25,28). The van der Waals surface area contributed by atoms with E-state index in [-0.39, 0.29) is 23.4 Å². The first-order chi connectivity index (χ1) is 14.0. The van der Waals surface area contributed by atoms with Crippen molar-refractivity contribution < 1.29 is 14.0 Å². The van der Waals surface area contributed by atoms with Gasteiger partial charge in [-0.1, -0.05) is 49.4 Å². The molecule has 2 rings (SSSR count). The van der Waals surface area contributed by atoms with E-state index in [0.717, 1.165) is 17.5 Å². The number of hydrogen-bond donors (Lipinski definition) is 1. The molecule has 6 heteroatoms. The molecule has 0 aliphatic rings. The molecule has 4 nitrogen and oxygen atoms in total. The van der Waals surface area contributed by atoms with Crippen LogP contribution in [0.2, 0.25) is 0 Å². The molecule has 1 atom stereocenters. The minimum atomic E-state index is -0.524. The normalized spacial score (nSPS) is 11.7. The minimum absolute atomic E-state index is 0.0628. The van der Waals surface area contributed by atoms with Crippen LogP contribution in [0.25, 0.3) is 0 Å². The average Bonchev–Trinajstić information content (AvgIpc) is 2.74. The van der Waals surface area contributed by atoms with Crippen molar-refractivity contribution in [1.29, 1.82) is 0 Å². The second-order valence-corrected chi connectivity index (χ2v) is 7.89. The van der Waals surface area contributed by atoms with E-state index in [1.54, 1.807) is 24.0 Å².